The number of hydrogen-bond donors (Lipinski definition) is 0. The Labute approximate surface area is 168 Å². The predicted octanol–water partition coefficient (Wildman–Crippen LogP) is 4.12. The van der Waals surface area contributed by atoms with Gasteiger partial charge in [-0.15, -0.1) is 0 Å². The summed E-state index contributed by atoms with van der Waals surface area (Å²) in [6.45, 7) is 6.72. The minimum absolute atomic E-state index is 0.0147. The van der Waals surface area contributed by atoms with E-state index in [4.69, 9.17) is 0 Å². The lowest BCUT2D eigenvalue weighted by Gasteiger charge is -2.33. The molecule has 0 radical (unpaired) electrons. The van der Waals surface area contributed by atoms with Crippen molar-refractivity contribution in [2.75, 3.05) is 31.6 Å². The molecule has 0 bridgehead atoms. The Kier molecular flexibility index (Phi) is 7.01. The van der Waals surface area contributed by atoms with Crippen LogP contribution in [0.4, 0.5) is 5.82 Å². The van der Waals surface area contributed by atoms with Crippen molar-refractivity contribution >= 4 is 11.7 Å². The number of amides is 1. The monoisotopic (exact) mass is 380 g/mol. The van der Waals surface area contributed by atoms with Gasteiger partial charge in [-0.25, -0.2) is 9.97 Å². The van der Waals surface area contributed by atoms with Crippen LogP contribution in [0.3, 0.4) is 0 Å². The number of aromatic nitrogens is 2. The molecular weight excluding hydrogens is 348 g/mol. The number of unbranched alkanes of at least 4 members (excludes halogenated alkanes) is 1. The molecule has 0 aliphatic carbocycles. The van der Waals surface area contributed by atoms with E-state index in [2.05, 4.69) is 52.1 Å². The van der Waals surface area contributed by atoms with Gasteiger partial charge in [-0.05, 0) is 44.1 Å². The average molecular weight is 381 g/mol. The summed E-state index contributed by atoms with van der Waals surface area (Å²) >= 11 is 0. The summed E-state index contributed by atoms with van der Waals surface area (Å²) in [5.41, 5.74) is 1.93. The standard InChI is InChI=1S/C23H32N4O/c1-4-5-13-26(3)23(28)21-17-22(25-18(2)24-21)27-14-11-20(12-15-27)16-19-9-7-6-8-10-19/h6-10,17,20H,4-5,11-16H2,1-3H3. The molecule has 1 aliphatic heterocycles. The molecule has 1 saturated heterocycles. The van der Waals surface area contributed by atoms with E-state index in [0.717, 1.165) is 57.6 Å². The van der Waals surface area contributed by atoms with Crippen molar-refractivity contribution in [1.29, 1.82) is 0 Å². The fraction of sp³-hybridized carbons (Fsp3) is 0.522. The van der Waals surface area contributed by atoms with Gasteiger partial charge in [0.2, 0.25) is 0 Å². The summed E-state index contributed by atoms with van der Waals surface area (Å²) in [7, 11) is 1.85. The molecule has 1 fully saturated rings. The van der Waals surface area contributed by atoms with Crippen LogP contribution in [0.15, 0.2) is 36.4 Å². The molecule has 0 spiro atoms. The molecular formula is C23H32N4O. The molecule has 3 rings (SSSR count). The molecule has 0 atom stereocenters. The van der Waals surface area contributed by atoms with Crippen LogP contribution in [-0.4, -0.2) is 47.5 Å². The van der Waals surface area contributed by atoms with Crippen LogP contribution in [0, 0.1) is 12.8 Å². The van der Waals surface area contributed by atoms with E-state index < -0.39 is 0 Å². The first-order chi connectivity index (χ1) is 13.6. The number of piperidine rings is 1. The first-order valence-corrected chi connectivity index (χ1v) is 10.5. The van der Waals surface area contributed by atoms with E-state index in [1.165, 1.54) is 5.56 Å². The lowest BCUT2D eigenvalue weighted by atomic mass is 9.90. The van der Waals surface area contributed by atoms with E-state index in [-0.39, 0.29) is 5.91 Å². The third-order valence-electron chi connectivity index (χ3n) is 5.54. The summed E-state index contributed by atoms with van der Waals surface area (Å²) in [5.74, 6) is 2.25. The Morgan fingerprint density at radius 1 is 1.18 bits per heavy atom. The van der Waals surface area contributed by atoms with Gasteiger partial charge in [0.1, 0.15) is 17.3 Å². The second-order valence-corrected chi connectivity index (χ2v) is 7.86. The lowest BCUT2D eigenvalue weighted by Crippen LogP contribution is -2.35. The summed E-state index contributed by atoms with van der Waals surface area (Å²) in [6, 6.07) is 12.6. The third-order valence-corrected chi connectivity index (χ3v) is 5.54. The highest BCUT2D eigenvalue weighted by Gasteiger charge is 2.22. The van der Waals surface area contributed by atoms with E-state index in [1.54, 1.807) is 4.90 Å². The fourth-order valence-electron chi connectivity index (χ4n) is 3.83. The summed E-state index contributed by atoms with van der Waals surface area (Å²) in [5, 5.41) is 0. The molecule has 0 saturated carbocycles. The van der Waals surface area contributed by atoms with E-state index >= 15 is 0 Å². The quantitative estimate of drug-likeness (QED) is 0.725. The Bertz CT molecular complexity index is 769. The Morgan fingerprint density at radius 2 is 1.89 bits per heavy atom. The zero-order chi connectivity index (χ0) is 19.9. The molecule has 5 heteroatoms. The molecule has 1 aromatic heterocycles. The van der Waals surface area contributed by atoms with Crippen LogP contribution in [0.5, 0.6) is 0 Å². The van der Waals surface area contributed by atoms with Gasteiger partial charge < -0.3 is 9.80 Å². The number of aryl methyl sites for hydroxylation is 1. The van der Waals surface area contributed by atoms with Crippen molar-refractivity contribution in [3.8, 4) is 0 Å². The van der Waals surface area contributed by atoms with Crippen LogP contribution in [0.2, 0.25) is 0 Å². The maximum absolute atomic E-state index is 12.7. The minimum atomic E-state index is -0.0147. The second kappa shape index (κ2) is 9.67. The highest BCUT2D eigenvalue weighted by atomic mass is 16.2. The highest BCUT2D eigenvalue weighted by Crippen LogP contribution is 2.25. The molecule has 0 N–H and O–H groups in total. The smallest absolute Gasteiger partial charge is 0.272 e. The van der Waals surface area contributed by atoms with Crippen molar-refractivity contribution in [1.82, 2.24) is 14.9 Å². The lowest BCUT2D eigenvalue weighted by molar-refractivity contribution is 0.0787. The molecule has 150 valence electrons. The SMILES string of the molecule is CCCCN(C)C(=O)c1cc(N2CCC(Cc3ccccc3)CC2)nc(C)n1. The summed E-state index contributed by atoms with van der Waals surface area (Å²) in [6.07, 6.45) is 5.52. The number of carbonyl (C=O) groups is 1. The Hall–Kier alpha value is -2.43. The number of carbonyl (C=O) groups excluding carboxylic acids is 1. The average Bonchev–Trinajstić information content (AvgIpc) is 2.72. The van der Waals surface area contributed by atoms with Gasteiger partial charge in [0.25, 0.3) is 5.91 Å². The largest absolute Gasteiger partial charge is 0.356 e. The van der Waals surface area contributed by atoms with E-state index in [1.807, 2.05) is 20.0 Å². The molecule has 0 unspecified atom stereocenters. The normalized spacial score (nSPS) is 14.9. The summed E-state index contributed by atoms with van der Waals surface area (Å²) in [4.78, 5) is 25.8. The second-order valence-electron chi connectivity index (χ2n) is 7.86. The van der Waals surface area contributed by atoms with Gasteiger partial charge in [0, 0.05) is 32.7 Å². The van der Waals surface area contributed by atoms with Gasteiger partial charge >= 0.3 is 0 Å². The number of rotatable bonds is 7. The van der Waals surface area contributed by atoms with Crippen molar-refractivity contribution in [3.05, 3.63) is 53.5 Å². The Balaban J connectivity index is 1.63. The topological polar surface area (TPSA) is 49.3 Å². The Morgan fingerprint density at radius 3 is 2.57 bits per heavy atom. The number of hydrogen-bond acceptors (Lipinski definition) is 4. The number of anilines is 1. The van der Waals surface area contributed by atoms with Gasteiger partial charge in [0.05, 0.1) is 0 Å². The zero-order valence-electron chi connectivity index (χ0n) is 17.4. The maximum atomic E-state index is 12.7. The predicted molar refractivity (Wildman–Crippen MR) is 114 cm³/mol. The van der Waals surface area contributed by atoms with Gasteiger partial charge in [0.15, 0.2) is 0 Å². The van der Waals surface area contributed by atoms with Crippen molar-refractivity contribution in [2.24, 2.45) is 5.92 Å². The molecule has 1 aromatic carbocycles. The van der Waals surface area contributed by atoms with Crippen LogP contribution >= 0.6 is 0 Å². The minimum Gasteiger partial charge on any atom is -0.356 e. The van der Waals surface area contributed by atoms with Gasteiger partial charge in [-0.3, -0.25) is 4.79 Å². The highest BCUT2D eigenvalue weighted by molar-refractivity contribution is 5.92. The number of benzene rings is 1. The van der Waals surface area contributed by atoms with Crippen LogP contribution < -0.4 is 4.90 Å². The molecule has 1 aliphatic rings. The van der Waals surface area contributed by atoms with E-state index in [0.29, 0.717) is 17.4 Å². The first-order valence-electron chi connectivity index (χ1n) is 10.5. The van der Waals surface area contributed by atoms with Gasteiger partial charge in [-0.1, -0.05) is 43.7 Å². The maximum Gasteiger partial charge on any atom is 0.272 e. The molecule has 2 aromatic rings. The molecule has 28 heavy (non-hydrogen) atoms. The van der Waals surface area contributed by atoms with Crippen molar-refractivity contribution < 1.29 is 4.79 Å². The van der Waals surface area contributed by atoms with Crippen LogP contribution in [0.1, 0.15) is 54.5 Å². The van der Waals surface area contributed by atoms with Crippen molar-refractivity contribution in [2.45, 2.75) is 46.0 Å². The third kappa shape index (κ3) is 5.31. The zero-order valence-corrected chi connectivity index (χ0v) is 17.4. The summed E-state index contributed by atoms with van der Waals surface area (Å²) < 4.78 is 0. The van der Waals surface area contributed by atoms with Crippen LogP contribution in [-0.2, 0) is 6.42 Å². The first kappa shape index (κ1) is 20.3. The molecule has 5 nitrogen and oxygen atoms in total. The van der Waals surface area contributed by atoms with Gasteiger partial charge in [-0.2, -0.15) is 0 Å². The molecule has 1 amide bonds. The van der Waals surface area contributed by atoms with Crippen LogP contribution in [0.25, 0.3) is 0 Å². The van der Waals surface area contributed by atoms with Crippen molar-refractivity contribution in [3.63, 3.8) is 0 Å². The fourth-order valence-corrected chi connectivity index (χ4v) is 3.83. The number of nitrogens with zero attached hydrogens (tertiary/aromatic N) is 4. The molecule has 2 heterocycles. The van der Waals surface area contributed by atoms with E-state index in [9.17, 15) is 4.79 Å².